The van der Waals surface area contributed by atoms with Crippen LogP contribution in [0.4, 0.5) is 0 Å². The molecule has 2 nitrogen and oxygen atoms in total. The number of phenols is 1. The van der Waals surface area contributed by atoms with Crippen LogP contribution in [0.1, 0.15) is 24.5 Å². The minimum Gasteiger partial charge on any atom is -0.508 e. The highest BCUT2D eigenvalue weighted by Crippen LogP contribution is 2.17. The van der Waals surface area contributed by atoms with Crippen molar-refractivity contribution in [3.8, 4) is 5.75 Å². The predicted octanol–water partition coefficient (Wildman–Crippen LogP) is 2.20. The lowest BCUT2D eigenvalue weighted by Crippen LogP contribution is -2.13. The molecule has 0 radical (unpaired) electrons. The van der Waals surface area contributed by atoms with Gasteiger partial charge < -0.3 is 10.4 Å². The highest BCUT2D eigenvalue weighted by atomic mass is 16.3. The van der Waals surface area contributed by atoms with Crippen molar-refractivity contribution in [2.75, 3.05) is 6.54 Å². The molecule has 0 aliphatic rings. The van der Waals surface area contributed by atoms with Gasteiger partial charge in [-0.3, -0.25) is 0 Å². The highest BCUT2D eigenvalue weighted by Gasteiger charge is 1.99. The summed E-state index contributed by atoms with van der Waals surface area (Å²) in [4.78, 5) is 0. The molecule has 13 heavy (non-hydrogen) atoms. The molecule has 1 aromatic carbocycles. The van der Waals surface area contributed by atoms with E-state index in [2.05, 4.69) is 12.2 Å². The predicted molar refractivity (Wildman–Crippen MR) is 54.8 cm³/mol. The van der Waals surface area contributed by atoms with E-state index in [4.69, 9.17) is 0 Å². The quantitative estimate of drug-likeness (QED) is 0.694. The molecule has 0 spiro atoms. The van der Waals surface area contributed by atoms with Crippen molar-refractivity contribution < 1.29 is 5.11 Å². The Morgan fingerprint density at radius 1 is 1.38 bits per heavy atom. The van der Waals surface area contributed by atoms with E-state index < -0.39 is 0 Å². The summed E-state index contributed by atoms with van der Waals surface area (Å²) >= 11 is 0. The zero-order valence-electron chi connectivity index (χ0n) is 8.30. The van der Waals surface area contributed by atoms with Crippen molar-refractivity contribution in [2.24, 2.45) is 0 Å². The van der Waals surface area contributed by atoms with Crippen molar-refractivity contribution >= 4 is 0 Å². The number of hydrogen-bond donors (Lipinski definition) is 2. The molecule has 0 saturated carbocycles. The maximum Gasteiger partial charge on any atom is 0.120 e. The van der Waals surface area contributed by atoms with E-state index >= 15 is 0 Å². The van der Waals surface area contributed by atoms with E-state index in [1.54, 1.807) is 6.07 Å². The van der Waals surface area contributed by atoms with Crippen LogP contribution in [0.15, 0.2) is 18.2 Å². The fraction of sp³-hybridized carbons (Fsp3) is 0.455. The van der Waals surface area contributed by atoms with Crippen molar-refractivity contribution in [2.45, 2.75) is 26.8 Å². The molecule has 0 aromatic heterocycles. The molecule has 0 atom stereocenters. The lowest BCUT2D eigenvalue weighted by atomic mass is 10.1. The summed E-state index contributed by atoms with van der Waals surface area (Å²) in [5.41, 5.74) is 2.17. The Morgan fingerprint density at radius 2 is 2.15 bits per heavy atom. The molecular formula is C11H17NO. The Morgan fingerprint density at radius 3 is 2.85 bits per heavy atom. The number of aryl methyl sites for hydroxylation is 1. The second kappa shape index (κ2) is 4.87. The number of aromatic hydroxyl groups is 1. The van der Waals surface area contributed by atoms with Gasteiger partial charge in [-0.2, -0.15) is 0 Å². The maximum atomic E-state index is 9.49. The molecule has 1 aromatic rings. The Bertz CT molecular complexity index is 271. The van der Waals surface area contributed by atoms with Crippen LogP contribution in [-0.4, -0.2) is 11.7 Å². The third-order valence-electron chi connectivity index (χ3n) is 1.98. The number of hydrogen-bond acceptors (Lipinski definition) is 2. The van der Waals surface area contributed by atoms with Crippen LogP contribution in [-0.2, 0) is 6.54 Å². The van der Waals surface area contributed by atoms with Gasteiger partial charge in [-0.25, -0.2) is 0 Å². The lowest BCUT2D eigenvalue weighted by Gasteiger charge is -2.06. The topological polar surface area (TPSA) is 32.3 Å². The van der Waals surface area contributed by atoms with E-state index in [9.17, 15) is 5.11 Å². The van der Waals surface area contributed by atoms with Crippen LogP contribution in [0.2, 0.25) is 0 Å². The Hall–Kier alpha value is -1.02. The first-order valence-electron chi connectivity index (χ1n) is 4.73. The first-order valence-corrected chi connectivity index (χ1v) is 4.73. The van der Waals surface area contributed by atoms with Gasteiger partial charge in [0.2, 0.25) is 0 Å². The summed E-state index contributed by atoms with van der Waals surface area (Å²) in [6.45, 7) is 5.90. The molecule has 1 rings (SSSR count). The number of nitrogens with one attached hydrogen (secondary N) is 1. The minimum atomic E-state index is 0.384. The lowest BCUT2D eigenvalue weighted by molar-refractivity contribution is 0.464. The van der Waals surface area contributed by atoms with Gasteiger partial charge in [-0.15, -0.1) is 0 Å². The van der Waals surface area contributed by atoms with Crippen molar-refractivity contribution in [1.29, 1.82) is 0 Å². The summed E-state index contributed by atoms with van der Waals surface area (Å²) in [5.74, 6) is 0.384. The zero-order valence-corrected chi connectivity index (χ0v) is 8.30. The second-order valence-electron chi connectivity index (χ2n) is 3.31. The van der Waals surface area contributed by atoms with E-state index in [0.717, 1.165) is 25.1 Å². The van der Waals surface area contributed by atoms with Crippen molar-refractivity contribution in [1.82, 2.24) is 5.32 Å². The normalized spacial score (nSPS) is 10.3. The van der Waals surface area contributed by atoms with Crippen LogP contribution >= 0.6 is 0 Å². The molecule has 0 amide bonds. The van der Waals surface area contributed by atoms with Gasteiger partial charge in [0.25, 0.3) is 0 Å². The minimum absolute atomic E-state index is 0.384. The number of rotatable bonds is 4. The number of benzene rings is 1. The molecule has 0 aliphatic carbocycles. The third kappa shape index (κ3) is 3.07. The van der Waals surface area contributed by atoms with E-state index in [1.165, 1.54) is 5.56 Å². The van der Waals surface area contributed by atoms with Gasteiger partial charge in [0.1, 0.15) is 5.75 Å². The zero-order chi connectivity index (χ0) is 9.68. The molecule has 2 heteroatoms. The summed E-state index contributed by atoms with van der Waals surface area (Å²) in [6.07, 6.45) is 1.12. The average molecular weight is 179 g/mol. The molecule has 0 aliphatic heterocycles. The van der Waals surface area contributed by atoms with Gasteiger partial charge >= 0.3 is 0 Å². The van der Waals surface area contributed by atoms with E-state index in [0.29, 0.717) is 5.75 Å². The Kier molecular flexibility index (Phi) is 3.77. The van der Waals surface area contributed by atoms with Gasteiger partial charge in [-0.1, -0.05) is 24.6 Å². The van der Waals surface area contributed by atoms with Gasteiger partial charge in [0.05, 0.1) is 0 Å². The first kappa shape index (κ1) is 10.1. The number of phenolic OH excluding ortho intramolecular Hbond substituents is 1. The fourth-order valence-electron chi connectivity index (χ4n) is 1.26. The van der Waals surface area contributed by atoms with Crippen LogP contribution < -0.4 is 5.32 Å². The highest BCUT2D eigenvalue weighted by molar-refractivity contribution is 5.35. The largest absolute Gasteiger partial charge is 0.508 e. The van der Waals surface area contributed by atoms with E-state index in [-0.39, 0.29) is 0 Å². The molecule has 0 saturated heterocycles. The summed E-state index contributed by atoms with van der Waals surface area (Å²) in [5, 5.41) is 12.8. The third-order valence-corrected chi connectivity index (χ3v) is 1.98. The van der Waals surface area contributed by atoms with Crippen LogP contribution in [0.25, 0.3) is 0 Å². The molecule has 2 N–H and O–H groups in total. The standard InChI is InChI=1S/C11H17NO/c1-3-6-12-8-10-7-9(2)4-5-11(10)13/h4-5,7,12-13H,3,6,8H2,1-2H3. The summed E-state index contributed by atoms with van der Waals surface area (Å²) in [7, 11) is 0. The van der Waals surface area contributed by atoms with Crippen molar-refractivity contribution in [3.05, 3.63) is 29.3 Å². The monoisotopic (exact) mass is 179 g/mol. The molecule has 0 unspecified atom stereocenters. The average Bonchev–Trinajstić information content (AvgIpc) is 2.11. The Balaban J connectivity index is 2.59. The summed E-state index contributed by atoms with van der Waals surface area (Å²) < 4.78 is 0. The molecule has 72 valence electrons. The van der Waals surface area contributed by atoms with Gasteiger partial charge in [-0.05, 0) is 26.0 Å². The van der Waals surface area contributed by atoms with Crippen molar-refractivity contribution in [3.63, 3.8) is 0 Å². The van der Waals surface area contributed by atoms with E-state index in [1.807, 2.05) is 19.1 Å². The SMILES string of the molecule is CCCNCc1cc(C)ccc1O. The van der Waals surface area contributed by atoms with Gasteiger partial charge in [0.15, 0.2) is 0 Å². The van der Waals surface area contributed by atoms with Crippen LogP contribution in [0.3, 0.4) is 0 Å². The second-order valence-corrected chi connectivity index (χ2v) is 3.31. The van der Waals surface area contributed by atoms with Crippen LogP contribution in [0.5, 0.6) is 5.75 Å². The molecule has 0 heterocycles. The first-order chi connectivity index (χ1) is 6.24. The smallest absolute Gasteiger partial charge is 0.120 e. The fourth-order valence-corrected chi connectivity index (χ4v) is 1.26. The van der Waals surface area contributed by atoms with Crippen LogP contribution in [0, 0.1) is 6.92 Å². The molecular weight excluding hydrogens is 162 g/mol. The summed E-state index contributed by atoms with van der Waals surface area (Å²) in [6, 6.07) is 5.68. The Labute approximate surface area is 79.6 Å². The molecule has 0 bridgehead atoms. The molecule has 0 fully saturated rings. The van der Waals surface area contributed by atoms with Gasteiger partial charge in [0, 0.05) is 12.1 Å². The maximum absolute atomic E-state index is 9.49.